The maximum Gasteiger partial charge on any atom is 0.304 e. The Bertz CT molecular complexity index is 603. The van der Waals surface area contributed by atoms with Gasteiger partial charge in [0.25, 0.3) is 0 Å². The van der Waals surface area contributed by atoms with Gasteiger partial charge in [-0.05, 0) is 24.6 Å². The van der Waals surface area contributed by atoms with E-state index < -0.39 is 22.0 Å². The monoisotopic (exact) mass is 335 g/mol. The number of nitrogens with one attached hydrogen (secondary N) is 1. The lowest BCUT2D eigenvalue weighted by Gasteiger charge is -2.16. The molecule has 6 nitrogen and oxygen atoms in total. The van der Waals surface area contributed by atoms with Crippen molar-refractivity contribution in [1.82, 2.24) is 4.72 Å². The fourth-order valence-corrected chi connectivity index (χ4v) is 3.48. The van der Waals surface area contributed by atoms with Crippen LogP contribution in [0.25, 0.3) is 0 Å². The summed E-state index contributed by atoms with van der Waals surface area (Å²) in [5.74, 6) is -0.685. The fraction of sp³-hybridized carbons (Fsp3) is 0.462. The topological polar surface area (TPSA) is 92.7 Å². The van der Waals surface area contributed by atoms with E-state index in [1.807, 2.05) is 6.92 Å². The lowest BCUT2D eigenvalue weighted by molar-refractivity contribution is -0.137. The summed E-state index contributed by atoms with van der Waals surface area (Å²) < 4.78 is 31.9. The number of aliphatic carboxylic acids is 1. The highest BCUT2D eigenvalue weighted by atomic mass is 35.5. The van der Waals surface area contributed by atoms with Gasteiger partial charge in [0.05, 0.1) is 23.4 Å². The quantitative estimate of drug-likeness (QED) is 0.760. The molecule has 0 fully saturated rings. The molecular weight excluding hydrogens is 318 g/mol. The van der Waals surface area contributed by atoms with Crippen molar-refractivity contribution in [2.75, 3.05) is 7.11 Å². The second kappa shape index (κ2) is 7.63. The lowest BCUT2D eigenvalue weighted by Crippen LogP contribution is -2.36. The average Bonchev–Trinajstić information content (AvgIpc) is 2.37. The molecule has 1 aromatic carbocycles. The van der Waals surface area contributed by atoms with Crippen molar-refractivity contribution in [3.05, 3.63) is 23.2 Å². The Balaban J connectivity index is 2.98. The Kier molecular flexibility index (Phi) is 6.44. The Labute approximate surface area is 129 Å². The predicted molar refractivity (Wildman–Crippen MR) is 79.3 cm³/mol. The van der Waals surface area contributed by atoms with Gasteiger partial charge in [0.2, 0.25) is 10.0 Å². The number of hydrogen-bond donors (Lipinski definition) is 2. The van der Waals surface area contributed by atoms with Crippen molar-refractivity contribution in [1.29, 1.82) is 0 Å². The van der Waals surface area contributed by atoms with E-state index in [1.54, 1.807) is 0 Å². The second-order valence-corrected chi connectivity index (χ2v) is 6.62. The van der Waals surface area contributed by atoms with Gasteiger partial charge >= 0.3 is 5.97 Å². The fourth-order valence-electron chi connectivity index (χ4n) is 1.86. The van der Waals surface area contributed by atoms with Crippen LogP contribution in [-0.2, 0) is 14.8 Å². The summed E-state index contributed by atoms with van der Waals surface area (Å²) in [6, 6.07) is 3.42. The number of carboxylic acid groups (broad SMARTS) is 1. The number of methoxy groups -OCH3 is 1. The average molecular weight is 336 g/mol. The number of benzene rings is 1. The summed E-state index contributed by atoms with van der Waals surface area (Å²) >= 11 is 5.91. The van der Waals surface area contributed by atoms with Gasteiger partial charge in [0.1, 0.15) is 5.75 Å². The molecule has 21 heavy (non-hydrogen) atoms. The van der Waals surface area contributed by atoms with E-state index in [9.17, 15) is 13.2 Å². The Morgan fingerprint density at radius 2 is 2.14 bits per heavy atom. The smallest absolute Gasteiger partial charge is 0.304 e. The molecule has 0 bridgehead atoms. The van der Waals surface area contributed by atoms with E-state index >= 15 is 0 Å². The highest BCUT2D eigenvalue weighted by Gasteiger charge is 2.22. The van der Waals surface area contributed by atoms with Gasteiger partial charge in [-0.2, -0.15) is 0 Å². The molecule has 1 atom stereocenters. The molecule has 2 N–H and O–H groups in total. The summed E-state index contributed by atoms with van der Waals surface area (Å²) in [6.07, 6.45) is 0.843. The molecule has 0 aliphatic rings. The molecule has 0 aliphatic carbocycles. The van der Waals surface area contributed by atoms with Crippen molar-refractivity contribution in [2.24, 2.45) is 0 Å². The Morgan fingerprint density at radius 1 is 1.48 bits per heavy atom. The van der Waals surface area contributed by atoms with Gasteiger partial charge < -0.3 is 9.84 Å². The van der Waals surface area contributed by atoms with Gasteiger partial charge in [-0.3, -0.25) is 4.79 Å². The number of rotatable bonds is 8. The van der Waals surface area contributed by atoms with Crippen molar-refractivity contribution in [3.63, 3.8) is 0 Å². The third kappa shape index (κ3) is 5.18. The minimum Gasteiger partial charge on any atom is -0.495 e. The summed E-state index contributed by atoms with van der Waals surface area (Å²) in [5.41, 5.74) is 0. The molecule has 1 aromatic rings. The largest absolute Gasteiger partial charge is 0.495 e. The standard InChI is InChI=1S/C13H18ClNO5S/c1-3-4-9(7-13(16)17)15-21(18,19)10-5-6-12(20-2)11(14)8-10/h5-6,8-9,15H,3-4,7H2,1-2H3,(H,16,17). The number of sulfonamides is 1. The van der Waals surface area contributed by atoms with Crippen molar-refractivity contribution < 1.29 is 23.1 Å². The first-order valence-electron chi connectivity index (χ1n) is 6.37. The first-order chi connectivity index (χ1) is 9.80. The van der Waals surface area contributed by atoms with Gasteiger partial charge in [-0.1, -0.05) is 24.9 Å². The molecule has 0 spiro atoms. The van der Waals surface area contributed by atoms with E-state index in [0.29, 0.717) is 18.6 Å². The van der Waals surface area contributed by atoms with E-state index in [4.69, 9.17) is 21.4 Å². The molecule has 0 aliphatic heterocycles. The molecule has 0 saturated heterocycles. The summed E-state index contributed by atoms with van der Waals surface area (Å²) in [6.45, 7) is 1.85. The molecule has 0 aromatic heterocycles. The molecule has 0 saturated carbocycles. The molecule has 0 heterocycles. The van der Waals surface area contributed by atoms with E-state index in [-0.39, 0.29) is 16.3 Å². The highest BCUT2D eigenvalue weighted by molar-refractivity contribution is 7.89. The Morgan fingerprint density at radius 3 is 2.62 bits per heavy atom. The number of hydrogen-bond acceptors (Lipinski definition) is 4. The number of carbonyl (C=O) groups is 1. The zero-order chi connectivity index (χ0) is 16.0. The highest BCUT2D eigenvalue weighted by Crippen LogP contribution is 2.27. The van der Waals surface area contributed by atoms with E-state index in [2.05, 4.69) is 4.72 Å². The van der Waals surface area contributed by atoms with Crippen LogP contribution in [0.1, 0.15) is 26.2 Å². The van der Waals surface area contributed by atoms with Crippen LogP contribution in [0.5, 0.6) is 5.75 Å². The molecular formula is C13H18ClNO5S. The summed E-state index contributed by atoms with van der Waals surface area (Å²) in [4.78, 5) is 10.7. The molecule has 0 amide bonds. The number of carboxylic acids is 1. The van der Waals surface area contributed by atoms with Crippen molar-refractivity contribution in [3.8, 4) is 5.75 Å². The van der Waals surface area contributed by atoms with Crippen LogP contribution in [0.3, 0.4) is 0 Å². The molecule has 0 radical (unpaired) electrons. The zero-order valence-electron chi connectivity index (χ0n) is 11.8. The van der Waals surface area contributed by atoms with Crippen LogP contribution in [0.4, 0.5) is 0 Å². The SMILES string of the molecule is CCCC(CC(=O)O)NS(=O)(=O)c1ccc(OC)c(Cl)c1. The third-order valence-corrected chi connectivity index (χ3v) is 4.63. The van der Waals surface area contributed by atoms with Crippen molar-refractivity contribution in [2.45, 2.75) is 37.1 Å². The maximum absolute atomic E-state index is 12.2. The summed E-state index contributed by atoms with van der Waals surface area (Å²) in [5, 5.41) is 8.99. The first kappa shape index (κ1) is 17.7. The van der Waals surface area contributed by atoms with Crippen LogP contribution in [0, 0.1) is 0 Å². The summed E-state index contributed by atoms with van der Waals surface area (Å²) in [7, 11) is -2.40. The van der Waals surface area contributed by atoms with Crippen LogP contribution < -0.4 is 9.46 Å². The van der Waals surface area contributed by atoms with Gasteiger partial charge in [0.15, 0.2) is 0 Å². The normalized spacial score (nSPS) is 12.9. The minimum absolute atomic E-state index is 0.0280. The van der Waals surface area contributed by atoms with Gasteiger partial charge in [0, 0.05) is 6.04 Å². The Hall–Kier alpha value is -1.31. The second-order valence-electron chi connectivity index (χ2n) is 4.50. The van der Waals surface area contributed by atoms with Crippen LogP contribution in [0.15, 0.2) is 23.1 Å². The lowest BCUT2D eigenvalue weighted by atomic mass is 10.1. The van der Waals surface area contributed by atoms with Gasteiger partial charge in [-0.25, -0.2) is 13.1 Å². The van der Waals surface area contributed by atoms with Crippen LogP contribution >= 0.6 is 11.6 Å². The van der Waals surface area contributed by atoms with Gasteiger partial charge in [-0.15, -0.1) is 0 Å². The number of halogens is 1. The molecule has 1 rings (SSSR count). The number of ether oxygens (including phenoxy) is 1. The van der Waals surface area contributed by atoms with E-state index in [0.717, 1.165) is 0 Å². The third-order valence-electron chi connectivity index (χ3n) is 2.81. The van der Waals surface area contributed by atoms with Crippen LogP contribution in [-0.4, -0.2) is 32.6 Å². The molecule has 1 unspecified atom stereocenters. The minimum atomic E-state index is -3.83. The predicted octanol–water partition coefficient (Wildman–Crippen LogP) is 2.27. The maximum atomic E-state index is 12.2. The molecule has 118 valence electrons. The zero-order valence-corrected chi connectivity index (χ0v) is 13.4. The van der Waals surface area contributed by atoms with Crippen molar-refractivity contribution >= 4 is 27.6 Å². The van der Waals surface area contributed by atoms with E-state index in [1.165, 1.54) is 25.3 Å². The first-order valence-corrected chi connectivity index (χ1v) is 8.24. The van der Waals surface area contributed by atoms with Crippen LogP contribution in [0.2, 0.25) is 5.02 Å². The molecule has 8 heteroatoms.